The van der Waals surface area contributed by atoms with E-state index in [2.05, 4.69) is 5.32 Å². The second-order valence-corrected chi connectivity index (χ2v) is 4.79. The minimum absolute atomic E-state index is 0.0856. The summed E-state index contributed by atoms with van der Waals surface area (Å²) in [5.41, 5.74) is -0.618. The van der Waals surface area contributed by atoms with Gasteiger partial charge in [0.1, 0.15) is 17.3 Å². The molecule has 0 aliphatic heterocycles. The van der Waals surface area contributed by atoms with Crippen molar-refractivity contribution in [3.05, 3.63) is 24.2 Å². The maximum Gasteiger partial charge on any atom is 0.407 e. The third-order valence-electron chi connectivity index (χ3n) is 2.03. The fraction of sp³-hybridized carbons (Fsp3) is 0.500. The molecule has 0 saturated heterocycles. The molecule has 1 aromatic rings. The smallest absolute Gasteiger partial charge is 0.407 e. The number of carbonyl (C=O) groups is 2. The molecule has 18 heavy (non-hydrogen) atoms. The quantitative estimate of drug-likeness (QED) is 0.858. The van der Waals surface area contributed by atoms with E-state index in [4.69, 9.17) is 14.3 Å². The Morgan fingerprint density at radius 3 is 2.61 bits per heavy atom. The van der Waals surface area contributed by atoms with Crippen molar-refractivity contribution in [2.24, 2.45) is 0 Å². The van der Waals surface area contributed by atoms with Gasteiger partial charge in [-0.25, -0.2) is 4.79 Å². The van der Waals surface area contributed by atoms with Crippen LogP contribution < -0.4 is 5.32 Å². The Morgan fingerprint density at radius 1 is 1.50 bits per heavy atom. The maximum atomic E-state index is 11.4. The molecule has 1 heterocycles. The summed E-state index contributed by atoms with van der Waals surface area (Å²) >= 11 is 0. The third kappa shape index (κ3) is 4.48. The molecule has 1 unspecified atom stereocenters. The van der Waals surface area contributed by atoms with E-state index >= 15 is 0 Å². The molecular weight excluding hydrogens is 238 g/mol. The summed E-state index contributed by atoms with van der Waals surface area (Å²) in [6.07, 6.45) is 0.735. The number of ether oxygens (including phenoxy) is 1. The molecule has 100 valence electrons. The van der Waals surface area contributed by atoms with Crippen LogP contribution in [0.2, 0.25) is 0 Å². The minimum Gasteiger partial charge on any atom is -0.481 e. The van der Waals surface area contributed by atoms with Crippen LogP contribution in [0.1, 0.15) is 32.4 Å². The first kappa shape index (κ1) is 14.1. The van der Waals surface area contributed by atoms with E-state index < -0.39 is 23.6 Å². The van der Waals surface area contributed by atoms with Crippen molar-refractivity contribution in [2.45, 2.75) is 32.3 Å². The zero-order valence-corrected chi connectivity index (χ0v) is 10.6. The van der Waals surface area contributed by atoms with Crippen molar-refractivity contribution in [3.63, 3.8) is 0 Å². The number of carbonyl (C=O) groups excluding carboxylic acids is 1. The van der Waals surface area contributed by atoms with Crippen LogP contribution in [-0.4, -0.2) is 29.3 Å². The van der Waals surface area contributed by atoms with Crippen molar-refractivity contribution < 1.29 is 23.8 Å². The number of furan rings is 1. The lowest BCUT2D eigenvalue weighted by Crippen LogP contribution is -2.36. The maximum absolute atomic E-state index is 11.4. The summed E-state index contributed by atoms with van der Waals surface area (Å²) in [7, 11) is 0. The van der Waals surface area contributed by atoms with Gasteiger partial charge in [0.05, 0.1) is 6.26 Å². The summed E-state index contributed by atoms with van der Waals surface area (Å²) in [5.74, 6) is -1.70. The van der Waals surface area contributed by atoms with Crippen molar-refractivity contribution in [3.8, 4) is 0 Å². The standard InChI is InChI=1S/C12H17NO5/c1-12(2,3)18-11(16)13-7-8(10(14)15)9-5-4-6-17-9/h4-6,8H,7H2,1-3H3,(H,13,16)(H,14,15). The largest absolute Gasteiger partial charge is 0.481 e. The summed E-state index contributed by atoms with van der Waals surface area (Å²) < 4.78 is 10.0. The summed E-state index contributed by atoms with van der Waals surface area (Å²) in [6.45, 7) is 5.10. The van der Waals surface area contributed by atoms with E-state index in [0.29, 0.717) is 5.76 Å². The topological polar surface area (TPSA) is 88.8 Å². The molecule has 1 aromatic heterocycles. The van der Waals surface area contributed by atoms with Crippen LogP contribution in [0.5, 0.6) is 0 Å². The Labute approximate surface area is 105 Å². The SMILES string of the molecule is CC(C)(C)OC(=O)NCC(C(=O)O)c1ccco1. The van der Waals surface area contributed by atoms with Gasteiger partial charge in [-0.1, -0.05) is 0 Å². The zero-order chi connectivity index (χ0) is 13.8. The van der Waals surface area contributed by atoms with Crippen LogP contribution in [0, 0.1) is 0 Å². The van der Waals surface area contributed by atoms with Gasteiger partial charge < -0.3 is 19.6 Å². The molecule has 6 nitrogen and oxygen atoms in total. The number of hydrogen-bond donors (Lipinski definition) is 2. The number of carboxylic acid groups (broad SMARTS) is 1. The van der Waals surface area contributed by atoms with Gasteiger partial charge in [0.15, 0.2) is 0 Å². The van der Waals surface area contributed by atoms with Crippen LogP contribution in [-0.2, 0) is 9.53 Å². The molecule has 2 N–H and O–H groups in total. The van der Waals surface area contributed by atoms with E-state index in [0.717, 1.165) is 0 Å². The average Bonchev–Trinajstić information content (AvgIpc) is 2.67. The van der Waals surface area contributed by atoms with Crippen LogP contribution in [0.25, 0.3) is 0 Å². The Balaban J connectivity index is 2.54. The number of rotatable bonds is 4. The molecular formula is C12H17NO5. The first-order valence-corrected chi connectivity index (χ1v) is 5.52. The third-order valence-corrected chi connectivity index (χ3v) is 2.03. The molecule has 6 heteroatoms. The molecule has 0 radical (unpaired) electrons. The van der Waals surface area contributed by atoms with Gasteiger partial charge in [0.2, 0.25) is 0 Å². The fourth-order valence-electron chi connectivity index (χ4n) is 1.30. The number of amides is 1. The van der Waals surface area contributed by atoms with Gasteiger partial charge in [-0.2, -0.15) is 0 Å². The zero-order valence-electron chi connectivity index (χ0n) is 10.6. The summed E-state index contributed by atoms with van der Waals surface area (Å²) in [6, 6.07) is 3.15. The number of aliphatic carboxylic acids is 1. The Bertz CT molecular complexity index is 405. The molecule has 0 aliphatic rings. The van der Waals surface area contributed by atoms with Gasteiger partial charge in [-0.3, -0.25) is 4.79 Å². The van der Waals surface area contributed by atoms with Gasteiger partial charge in [0.25, 0.3) is 0 Å². The van der Waals surface area contributed by atoms with Crippen molar-refractivity contribution in [2.75, 3.05) is 6.54 Å². The number of hydrogen-bond acceptors (Lipinski definition) is 4. The Morgan fingerprint density at radius 2 is 2.17 bits per heavy atom. The lowest BCUT2D eigenvalue weighted by Gasteiger charge is -2.20. The number of nitrogens with one attached hydrogen (secondary N) is 1. The van der Waals surface area contributed by atoms with Crippen molar-refractivity contribution in [1.29, 1.82) is 0 Å². The molecule has 1 atom stereocenters. The van der Waals surface area contributed by atoms with Crippen molar-refractivity contribution >= 4 is 12.1 Å². The molecule has 0 aromatic carbocycles. The number of carboxylic acids is 1. The van der Waals surface area contributed by atoms with Gasteiger partial charge in [0, 0.05) is 6.54 Å². The highest BCUT2D eigenvalue weighted by molar-refractivity contribution is 5.76. The van der Waals surface area contributed by atoms with E-state index in [1.165, 1.54) is 6.26 Å². The predicted octanol–water partition coefficient (Wildman–Crippen LogP) is 1.97. The lowest BCUT2D eigenvalue weighted by molar-refractivity contribution is -0.139. The number of alkyl carbamates (subject to hydrolysis) is 1. The van der Waals surface area contributed by atoms with E-state index in [1.54, 1.807) is 32.9 Å². The summed E-state index contributed by atoms with van der Waals surface area (Å²) in [4.78, 5) is 22.4. The summed E-state index contributed by atoms with van der Waals surface area (Å²) in [5, 5.41) is 11.4. The molecule has 1 rings (SSSR count). The van der Waals surface area contributed by atoms with Crippen LogP contribution >= 0.6 is 0 Å². The van der Waals surface area contributed by atoms with E-state index in [1.807, 2.05) is 0 Å². The molecule has 0 fully saturated rings. The predicted molar refractivity (Wildman–Crippen MR) is 63.3 cm³/mol. The Kier molecular flexibility index (Phi) is 4.36. The minimum atomic E-state index is -1.07. The van der Waals surface area contributed by atoms with Crippen LogP contribution in [0.4, 0.5) is 4.79 Å². The second-order valence-electron chi connectivity index (χ2n) is 4.79. The van der Waals surface area contributed by atoms with Crippen molar-refractivity contribution in [1.82, 2.24) is 5.32 Å². The fourth-order valence-corrected chi connectivity index (χ4v) is 1.30. The molecule has 1 amide bonds. The monoisotopic (exact) mass is 255 g/mol. The van der Waals surface area contributed by atoms with Crippen LogP contribution in [0.15, 0.2) is 22.8 Å². The first-order valence-electron chi connectivity index (χ1n) is 5.52. The molecule has 0 spiro atoms. The molecule has 0 bridgehead atoms. The second kappa shape index (κ2) is 5.57. The van der Waals surface area contributed by atoms with Crippen LogP contribution in [0.3, 0.4) is 0 Å². The molecule has 0 aliphatic carbocycles. The molecule has 0 saturated carbocycles. The van der Waals surface area contributed by atoms with Gasteiger partial charge >= 0.3 is 12.1 Å². The highest BCUT2D eigenvalue weighted by atomic mass is 16.6. The van der Waals surface area contributed by atoms with E-state index in [-0.39, 0.29) is 6.54 Å². The van der Waals surface area contributed by atoms with Gasteiger partial charge in [-0.05, 0) is 32.9 Å². The lowest BCUT2D eigenvalue weighted by atomic mass is 10.1. The van der Waals surface area contributed by atoms with E-state index in [9.17, 15) is 9.59 Å². The average molecular weight is 255 g/mol. The highest BCUT2D eigenvalue weighted by Gasteiger charge is 2.24. The normalized spacial score (nSPS) is 12.8. The first-order chi connectivity index (χ1) is 8.29. The highest BCUT2D eigenvalue weighted by Crippen LogP contribution is 2.16. The van der Waals surface area contributed by atoms with Gasteiger partial charge in [-0.15, -0.1) is 0 Å². The Hall–Kier alpha value is -1.98.